The lowest BCUT2D eigenvalue weighted by molar-refractivity contribution is 0.00462. The first kappa shape index (κ1) is 12.5. The molecule has 4 heteroatoms. The number of aliphatic hydroxyl groups is 1. The van der Waals surface area contributed by atoms with Crippen molar-refractivity contribution in [3.8, 4) is 0 Å². The predicted octanol–water partition coefficient (Wildman–Crippen LogP) is 1.57. The highest BCUT2D eigenvalue weighted by Gasteiger charge is 2.28. The lowest BCUT2D eigenvalue weighted by Gasteiger charge is -2.32. The van der Waals surface area contributed by atoms with Crippen molar-refractivity contribution >= 4 is 0 Å². The van der Waals surface area contributed by atoms with Gasteiger partial charge < -0.3 is 10.4 Å². The number of nitrogens with one attached hydrogen (secondary N) is 1. The Bertz CT molecular complexity index is 361. The molecule has 1 aliphatic carbocycles. The van der Waals surface area contributed by atoms with Crippen LogP contribution < -0.4 is 5.32 Å². The first-order valence-electron chi connectivity index (χ1n) is 6.39. The Labute approximate surface area is 102 Å². The van der Waals surface area contributed by atoms with Crippen LogP contribution >= 0.6 is 0 Å². The van der Waals surface area contributed by atoms with Gasteiger partial charge in [-0.3, -0.25) is 0 Å². The third-order valence-corrected chi connectivity index (χ3v) is 3.40. The van der Waals surface area contributed by atoms with Gasteiger partial charge in [0.15, 0.2) is 0 Å². The van der Waals surface area contributed by atoms with E-state index in [0.717, 1.165) is 37.1 Å². The zero-order chi connectivity index (χ0) is 12.1. The molecule has 94 valence electrons. The molecule has 0 spiro atoms. The van der Waals surface area contributed by atoms with Crippen LogP contribution in [-0.2, 0) is 6.54 Å². The van der Waals surface area contributed by atoms with Crippen molar-refractivity contribution in [1.29, 1.82) is 0 Å². The largest absolute Gasteiger partial charge is 0.389 e. The lowest BCUT2D eigenvalue weighted by Crippen LogP contribution is -2.42. The number of hydrogen-bond acceptors (Lipinski definition) is 4. The van der Waals surface area contributed by atoms with E-state index in [1.54, 1.807) is 6.33 Å². The van der Waals surface area contributed by atoms with Crippen LogP contribution in [0.15, 0.2) is 12.4 Å². The van der Waals surface area contributed by atoms with E-state index < -0.39 is 5.60 Å². The van der Waals surface area contributed by atoms with Gasteiger partial charge in [0.2, 0.25) is 0 Å². The molecule has 1 saturated carbocycles. The first-order valence-corrected chi connectivity index (χ1v) is 6.39. The third kappa shape index (κ3) is 3.75. The highest BCUT2D eigenvalue weighted by Crippen LogP contribution is 2.27. The predicted molar refractivity (Wildman–Crippen MR) is 66.5 cm³/mol. The minimum atomic E-state index is -0.500. The Kier molecular flexibility index (Phi) is 4.07. The molecule has 2 rings (SSSR count). The van der Waals surface area contributed by atoms with Gasteiger partial charge in [-0.2, -0.15) is 0 Å². The van der Waals surface area contributed by atoms with Crippen LogP contribution in [0.1, 0.15) is 43.5 Å². The summed E-state index contributed by atoms with van der Waals surface area (Å²) in [6.45, 7) is 3.32. The molecule has 1 heterocycles. The summed E-state index contributed by atoms with van der Waals surface area (Å²) in [5, 5.41) is 13.6. The summed E-state index contributed by atoms with van der Waals surface area (Å²) in [4.78, 5) is 8.25. The Hall–Kier alpha value is -1.00. The van der Waals surface area contributed by atoms with Crippen LogP contribution in [-0.4, -0.2) is 27.2 Å². The highest BCUT2D eigenvalue weighted by molar-refractivity contribution is 5.06. The van der Waals surface area contributed by atoms with Crippen LogP contribution in [0.4, 0.5) is 0 Å². The van der Waals surface area contributed by atoms with Crippen molar-refractivity contribution in [3.05, 3.63) is 23.8 Å². The summed E-state index contributed by atoms with van der Waals surface area (Å²) in [6, 6.07) is 1.97. The molecular weight excluding hydrogens is 214 g/mol. The highest BCUT2D eigenvalue weighted by atomic mass is 16.3. The molecular formula is C13H21N3O. The zero-order valence-electron chi connectivity index (χ0n) is 10.4. The van der Waals surface area contributed by atoms with E-state index in [-0.39, 0.29) is 0 Å². The molecule has 0 unspecified atom stereocenters. The summed E-state index contributed by atoms with van der Waals surface area (Å²) in [7, 11) is 0. The van der Waals surface area contributed by atoms with Gasteiger partial charge in [-0.1, -0.05) is 19.3 Å². The van der Waals surface area contributed by atoms with E-state index >= 15 is 0 Å². The van der Waals surface area contributed by atoms with Gasteiger partial charge in [0, 0.05) is 18.8 Å². The second-order valence-electron chi connectivity index (χ2n) is 5.04. The zero-order valence-corrected chi connectivity index (χ0v) is 10.4. The molecule has 2 N–H and O–H groups in total. The molecule has 0 aliphatic heterocycles. The van der Waals surface area contributed by atoms with Crippen molar-refractivity contribution in [2.24, 2.45) is 0 Å². The van der Waals surface area contributed by atoms with E-state index in [1.165, 1.54) is 6.42 Å². The maximum absolute atomic E-state index is 10.3. The average molecular weight is 235 g/mol. The Morgan fingerprint density at radius 2 is 2.06 bits per heavy atom. The summed E-state index contributed by atoms with van der Waals surface area (Å²) in [5.41, 5.74) is 1.46. The number of aromatic nitrogens is 2. The maximum Gasteiger partial charge on any atom is 0.115 e. The fourth-order valence-electron chi connectivity index (χ4n) is 2.42. The quantitative estimate of drug-likeness (QED) is 0.831. The van der Waals surface area contributed by atoms with Crippen LogP contribution in [0, 0.1) is 6.92 Å². The number of nitrogens with zero attached hydrogens (tertiary/aromatic N) is 2. The Balaban J connectivity index is 1.79. The normalized spacial score (nSPS) is 19.2. The molecule has 1 aliphatic rings. The minimum absolute atomic E-state index is 0.500. The molecule has 0 saturated heterocycles. The number of rotatable bonds is 4. The van der Waals surface area contributed by atoms with Crippen molar-refractivity contribution < 1.29 is 5.11 Å². The minimum Gasteiger partial charge on any atom is -0.389 e. The van der Waals surface area contributed by atoms with Gasteiger partial charge in [-0.25, -0.2) is 9.97 Å². The van der Waals surface area contributed by atoms with E-state index in [2.05, 4.69) is 15.3 Å². The van der Waals surface area contributed by atoms with Gasteiger partial charge in [0.1, 0.15) is 6.33 Å². The molecule has 0 radical (unpaired) electrons. The Morgan fingerprint density at radius 3 is 2.76 bits per heavy atom. The van der Waals surface area contributed by atoms with Crippen LogP contribution in [0.25, 0.3) is 0 Å². The van der Waals surface area contributed by atoms with Gasteiger partial charge in [-0.05, 0) is 25.8 Å². The molecule has 17 heavy (non-hydrogen) atoms. The van der Waals surface area contributed by atoms with E-state index in [0.29, 0.717) is 13.1 Å². The molecule has 0 aromatic carbocycles. The summed E-state index contributed by atoms with van der Waals surface area (Å²) < 4.78 is 0. The molecule has 0 bridgehead atoms. The second kappa shape index (κ2) is 5.56. The summed E-state index contributed by atoms with van der Waals surface area (Å²) >= 11 is 0. The number of aryl methyl sites for hydroxylation is 1. The van der Waals surface area contributed by atoms with Crippen molar-refractivity contribution in [2.75, 3.05) is 6.54 Å². The number of hydrogen-bond donors (Lipinski definition) is 2. The summed E-state index contributed by atoms with van der Waals surface area (Å²) in [6.07, 6.45) is 6.97. The fraction of sp³-hybridized carbons (Fsp3) is 0.692. The van der Waals surface area contributed by atoms with Gasteiger partial charge >= 0.3 is 0 Å². The molecule has 1 aromatic rings. The SMILES string of the molecule is Cc1cc(CNCC2(O)CCCCC2)ncn1. The smallest absolute Gasteiger partial charge is 0.115 e. The molecule has 1 aromatic heterocycles. The summed E-state index contributed by atoms with van der Waals surface area (Å²) in [5.74, 6) is 0. The first-order chi connectivity index (χ1) is 8.18. The van der Waals surface area contributed by atoms with Crippen molar-refractivity contribution in [3.63, 3.8) is 0 Å². The van der Waals surface area contributed by atoms with Crippen molar-refractivity contribution in [2.45, 2.75) is 51.2 Å². The molecule has 0 atom stereocenters. The third-order valence-electron chi connectivity index (χ3n) is 3.40. The van der Waals surface area contributed by atoms with Gasteiger partial charge in [-0.15, -0.1) is 0 Å². The lowest BCUT2D eigenvalue weighted by atomic mass is 9.85. The monoisotopic (exact) mass is 235 g/mol. The molecule has 0 amide bonds. The van der Waals surface area contributed by atoms with E-state index in [4.69, 9.17) is 0 Å². The average Bonchev–Trinajstić information content (AvgIpc) is 2.30. The van der Waals surface area contributed by atoms with Crippen LogP contribution in [0.2, 0.25) is 0 Å². The van der Waals surface area contributed by atoms with Crippen LogP contribution in [0.3, 0.4) is 0 Å². The molecule has 1 fully saturated rings. The van der Waals surface area contributed by atoms with Gasteiger partial charge in [0.05, 0.1) is 11.3 Å². The Morgan fingerprint density at radius 1 is 1.29 bits per heavy atom. The second-order valence-corrected chi connectivity index (χ2v) is 5.04. The topological polar surface area (TPSA) is 58.0 Å². The van der Waals surface area contributed by atoms with Gasteiger partial charge in [0.25, 0.3) is 0 Å². The molecule has 4 nitrogen and oxygen atoms in total. The fourth-order valence-corrected chi connectivity index (χ4v) is 2.42. The van der Waals surface area contributed by atoms with Crippen LogP contribution in [0.5, 0.6) is 0 Å². The maximum atomic E-state index is 10.3. The van der Waals surface area contributed by atoms with E-state index in [1.807, 2.05) is 13.0 Å². The van der Waals surface area contributed by atoms with Crippen molar-refractivity contribution in [1.82, 2.24) is 15.3 Å². The standard InChI is InChI=1S/C13H21N3O/c1-11-7-12(16-10-15-11)8-14-9-13(17)5-3-2-4-6-13/h7,10,14,17H,2-6,8-9H2,1H3. The van der Waals surface area contributed by atoms with E-state index in [9.17, 15) is 5.11 Å².